The lowest BCUT2D eigenvalue weighted by molar-refractivity contribution is -0.150. The van der Waals surface area contributed by atoms with Crippen molar-refractivity contribution in [3.8, 4) is 5.75 Å². The van der Waals surface area contributed by atoms with Crippen LogP contribution in [0.2, 0.25) is 10.0 Å². The van der Waals surface area contributed by atoms with Gasteiger partial charge in [-0.2, -0.15) is 0 Å². The Morgan fingerprint density at radius 1 is 1.44 bits per heavy atom. The molecule has 0 saturated carbocycles. The first-order chi connectivity index (χ1) is 8.56. The van der Waals surface area contributed by atoms with Gasteiger partial charge in [0.05, 0.1) is 11.6 Å². The first-order valence-corrected chi connectivity index (χ1v) is 6.23. The van der Waals surface area contributed by atoms with Gasteiger partial charge in [0.2, 0.25) is 0 Å². The zero-order chi connectivity index (χ0) is 13.5. The molecule has 0 radical (unpaired) electrons. The van der Waals surface area contributed by atoms with Gasteiger partial charge in [0, 0.05) is 13.0 Å². The molecule has 0 heterocycles. The normalized spacial score (nSPS) is 12.2. The van der Waals surface area contributed by atoms with Crippen LogP contribution < -0.4 is 4.74 Å². The Labute approximate surface area is 115 Å². The van der Waals surface area contributed by atoms with Gasteiger partial charge in [-0.25, -0.2) is 4.79 Å². The van der Waals surface area contributed by atoms with Crippen LogP contribution in [0.4, 0.5) is 0 Å². The Morgan fingerprint density at radius 2 is 2.17 bits per heavy atom. The number of carboxylic acids is 1. The fourth-order valence-electron chi connectivity index (χ4n) is 1.35. The van der Waals surface area contributed by atoms with E-state index >= 15 is 0 Å². The SMILES string of the molecule is CCOC(CCOc1cccc(Cl)c1Cl)C(=O)O. The lowest BCUT2D eigenvalue weighted by atomic mass is 10.2. The fourth-order valence-corrected chi connectivity index (χ4v) is 1.70. The van der Waals surface area contributed by atoms with E-state index in [0.29, 0.717) is 22.4 Å². The highest BCUT2D eigenvalue weighted by atomic mass is 35.5. The molecule has 0 amide bonds. The predicted octanol–water partition coefficient (Wildman–Crippen LogP) is 3.25. The fraction of sp³-hybridized carbons (Fsp3) is 0.417. The second kappa shape index (κ2) is 7.46. The molecule has 0 saturated heterocycles. The molecule has 18 heavy (non-hydrogen) atoms. The van der Waals surface area contributed by atoms with Gasteiger partial charge in [-0.1, -0.05) is 29.3 Å². The summed E-state index contributed by atoms with van der Waals surface area (Å²) in [6.45, 7) is 2.27. The van der Waals surface area contributed by atoms with Crippen molar-refractivity contribution in [3.63, 3.8) is 0 Å². The van der Waals surface area contributed by atoms with Gasteiger partial charge in [0.25, 0.3) is 0 Å². The van der Waals surface area contributed by atoms with Crippen LogP contribution in [0.25, 0.3) is 0 Å². The molecule has 1 rings (SSSR count). The summed E-state index contributed by atoms with van der Waals surface area (Å²) in [5.41, 5.74) is 0. The van der Waals surface area contributed by atoms with Gasteiger partial charge in [-0.3, -0.25) is 0 Å². The quantitative estimate of drug-likeness (QED) is 0.838. The third-order valence-corrected chi connectivity index (χ3v) is 3.00. The van der Waals surface area contributed by atoms with E-state index in [1.807, 2.05) is 0 Å². The zero-order valence-electron chi connectivity index (χ0n) is 9.86. The number of ether oxygens (including phenoxy) is 2. The molecule has 0 spiro atoms. The van der Waals surface area contributed by atoms with E-state index in [1.165, 1.54) is 0 Å². The van der Waals surface area contributed by atoms with Crippen molar-refractivity contribution in [1.29, 1.82) is 0 Å². The Morgan fingerprint density at radius 3 is 2.78 bits per heavy atom. The van der Waals surface area contributed by atoms with Gasteiger partial charge in [0.15, 0.2) is 6.10 Å². The van der Waals surface area contributed by atoms with Crippen molar-refractivity contribution in [1.82, 2.24) is 0 Å². The molecule has 4 nitrogen and oxygen atoms in total. The van der Waals surface area contributed by atoms with Crippen LogP contribution in [0.1, 0.15) is 13.3 Å². The average Bonchev–Trinajstić information content (AvgIpc) is 2.33. The maximum atomic E-state index is 10.8. The molecule has 0 bridgehead atoms. The minimum Gasteiger partial charge on any atom is -0.492 e. The van der Waals surface area contributed by atoms with Crippen molar-refractivity contribution in [2.45, 2.75) is 19.4 Å². The molecule has 1 unspecified atom stereocenters. The lowest BCUT2D eigenvalue weighted by Crippen LogP contribution is -2.26. The van der Waals surface area contributed by atoms with E-state index in [4.69, 9.17) is 37.8 Å². The van der Waals surface area contributed by atoms with Crippen molar-refractivity contribution in [3.05, 3.63) is 28.2 Å². The molecular formula is C12H14Cl2O4. The maximum absolute atomic E-state index is 10.8. The zero-order valence-corrected chi connectivity index (χ0v) is 11.4. The Hall–Kier alpha value is -0.970. The molecular weight excluding hydrogens is 279 g/mol. The smallest absolute Gasteiger partial charge is 0.332 e. The third kappa shape index (κ3) is 4.37. The number of hydrogen-bond acceptors (Lipinski definition) is 3. The van der Waals surface area contributed by atoms with Crippen molar-refractivity contribution in [2.24, 2.45) is 0 Å². The van der Waals surface area contributed by atoms with Gasteiger partial charge >= 0.3 is 5.97 Å². The lowest BCUT2D eigenvalue weighted by Gasteiger charge is -2.13. The molecule has 0 aliphatic carbocycles. The molecule has 1 N–H and O–H groups in total. The van der Waals surface area contributed by atoms with Crippen LogP contribution >= 0.6 is 23.2 Å². The van der Waals surface area contributed by atoms with Crippen molar-refractivity contribution >= 4 is 29.2 Å². The van der Waals surface area contributed by atoms with E-state index in [-0.39, 0.29) is 13.0 Å². The van der Waals surface area contributed by atoms with Crippen molar-refractivity contribution < 1.29 is 19.4 Å². The van der Waals surface area contributed by atoms with Crippen LogP contribution in [0, 0.1) is 0 Å². The molecule has 1 aromatic carbocycles. The molecule has 1 atom stereocenters. The Bertz CT molecular complexity index is 409. The molecule has 1 aromatic rings. The second-order valence-electron chi connectivity index (χ2n) is 3.47. The molecule has 0 aliphatic heterocycles. The highest BCUT2D eigenvalue weighted by Gasteiger charge is 2.17. The van der Waals surface area contributed by atoms with Crippen molar-refractivity contribution in [2.75, 3.05) is 13.2 Å². The summed E-state index contributed by atoms with van der Waals surface area (Å²) in [5.74, 6) is -0.567. The Kier molecular flexibility index (Phi) is 6.25. The second-order valence-corrected chi connectivity index (χ2v) is 4.26. The molecule has 0 aliphatic rings. The molecule has 6 heteroatoms. The predicted molar refractivity (Wildman–Crippen MR) is 69.6 cm³/mol. The Balaban J connectivity index is 2.50. The van der Waals surface area contributed by atoms with Gasteiger partial charge < -0.3 is 14.6 Å². The third-order valence-electron chi connectivity index (χ3n) is 2.20. The monoisotopic (exact) mass is 292 g/mol. The summed E-state index contributed by atoms with van der Waals surface area (Å²) in [6, 6.07) is 5.03. The highest BCUT2D eigenvalue weighted by Crippen LogP contribution is 2.31. The minimum atomic E-state index is -1.00. The molecule has 0 fully saturated rings. The van der Waals surface area contributed by atoms with Crippen LogP contribution in [-0.4, -0.2) is 30.4 Å². The van der Waals surface area contributed by atoms with Gasteiger partial charge in [-0.15, -0.1) is 0 Å². The van der Waals surface area contributed by atoms with E-state index < -0.39 is 12.1 Å². The first kappa shape index (κ1) is 15.1. The van der Waals surface area contributed by atoms with Gasteiger partial charge in [0.1, 0.15) is 10.8 Å². The summed E-state index contributed by atoms with van der Waals surface area (Å²) < 4.78 is 10.4. The highest BCUT2D eigenvalue weighted by molar-refractivity contribution is 6.42. The largest absolute Gasteiger partial charge is 0.492 e. The van der Waals surface area contributed by atoms with Gasteiger partial charge in [-0.05, 0) is 19.1 Å². The molecule has 100 valence electrons. The summed E-state index contributed by atoms with van der Waals surface area (Å²) in [5, 5.41) is 9.59. The van der Waals surface area contributed by atoms with E-state index in [1.54, 1.807) is 25.1 Å². The van der Waals surface area contributed by atoms with Crippen LogP contribution in [0.15, 0.2) is 18.2 Å². The number of benzene rings is 1. The van der Waals surface area contributed by atoms with Crippen LogP contribution in [-0.2, 0) is 9.53 Å². The molecule has 0 aromatic heterocycles. The standard InChI is InChI=1S/C12H14Cl2O4/c1-2-17-10(12(15)16)6-7-18-9-5-3-4-8(13)11(9)14/h3-5,10H,2,6-7H2,1H3,(H,15,16). The number of rotatable bonds is 7. The van der Waals surface area contributed by atoms with Crippen LogP contribution in [0.5, 0.6) is 5.75 Å². The van der Waals surface area contributed by atoms with E-state index in [9.17, 15) is 4.79 Å². The number of halogens is 2. The topological polar surface area (TPSA) is 55.8 Å². The summed E-state index contributed by atoms with van der Waals surface area (Å²) in [6.07, 6.45) is -0.626. The van der Waals surface area contributed by atoms with E-state index in [2.05, 4.69) is 0 Å². The van der Waals surface area contributed by atoms with Crippen LogP contribution in [0.3, 0.4) is 0 Å². The minimum absolute atomic E-state index is 0.191. The number of carboxylic acid groups (broad SMARTS) is 1. The maximum Gasteiger partial charge on any atom is 0.332 e. The number of carbonyl (C=O) groups is 1. The van der Waals surface area contributed by atoms with E-state index in [0.717, 1.165) is 0 Å². The number of hydrogen-bond donors (Lipinski definition) is 1. The summed E-state index contributed by atoms with van der Waals surface area (Å²) in [7, 11) is 0. The average molecular weight is 293 g/mol. The summed E-state index contributed by atoms with van der Waals surface area (Å²) in [4.78, 5) is 10.8. The summed E-state index contributed by atoms with van der Waals surface area (Å²) >= 11 is 11.8. The first-order valence-electron chi connectivity index (χ1n) is 5.47. The number of aliphatic carboxylic acids is 1.